The topological polar surface area (TPSA) is 0 Å². The average molecular weight is 941 g/mol. The predicted molar refractivity (Wildman–Crippen MR) is 221 cm³/mol. The fraction of sp³-hybridized carbons (Fsp3) is 0.383. The molecule has 4 aromatic rings. The van der Waals surface area contributed by atoms with Crippen LogP contribution in [0.25, 0.3) is 11.1 Å². The summed E-state index contributed by atoms with van der Waals surface area (Å²) >= 11 is 8.34. The molecule has 0 heterocycles. The van der Waals surface area contributed by atoms with Gasteiger partial charge in [-0.25, -0.2) is 12.2 Å². The van der Waals surface area contributed by atoms with E-state index >= 15 is 0 Å². The quantitative estimate of drug-likeness (QED) is 0.158. The molecule has 276 valence electrons. The number of fused-ring (bicyclic) bond motifs is 3. The monoisotopic (exact) mass is 936 g/mol. The van der Waals surface area contributed by atoms with Crippen molar-refractivity contribution in [2.24, 2.45) is 0 Å². The number of halogens is 4. The van der Waals surface area contributed by atoms with E-state index < -0.39 is 0 Å². The smallest absolute Gasteiger partial charge is 0.0129 e. The Morgan fingerprint density at radius 1 is 0.596 bits per heavy atom. The molecule has 0 spiro atoms. The molecule has 0 radical (unpaired) electrons. The third-order valence-corrected chi connectivity index (χ3v) is 11.6. The van der Waals surface area contributed by atoms with Gasteiger partial charge in [0.2, 0.25) is 0 Å². The van der Waals surface area contributed by atoms with Gasteiger partial charge in [0.05, 0.1) is 0 Å². The maximum absolute atomic E-state index is 3.90. The summed E-state index contributed by atoms with van der Waals surface area (Å²) in [7, 11) is 0. The molecule has 0 atom stereocenters. The number of rotatable bonds is 2. The van der Waals surface area contributed by atoms with Crippen molar-refractivity contribution >= 4 is 35.1 Å². The minimum atomic E-state index is 0. The molecular formula is C47H54Br2Cl2Zr-2. The first-order valence-corrected chi connectivity index (χ1v) is 20.5. The zero-order valence-electron chi connectivity index (χ0n) is 33.0. The first-order valence-electron chi connectivity index (χ1n) is 17.7. The molecule has 0 saturated carbocycles. The summed E-state index contributed by atoms with van der Waals surface area (Å²) in [4.78, 5) is 0. The molecule has 0 fully saturated rings. The van der Waals surface area contributed by atoms with E-state index in [0.29, 0.717) is 0 Å². The van der Waals surface area contributed by atoms with Gasteiger partial charge >= 0.3 is 128 Å². The van der Waals surface area contributed by atoms with Crippen LogP contribution >= 0.6 is 31.9 Å². The molecule has 52 heavy (non-hydrogen) atoms. The summed E-state index contributed by atoms with van der Waals surface area (Å²) in [5.41, 5.74) is 14.5. The Morgan fingerprint density at radius 2 is 1.04 bits per heavy atom. The van der Waals surface area contributed by atoms with E-state index in [0.717, 1.165) is 21.8 Å². The second kappa shape index (κ2) is 18.5. The fourth-order valence-corrected chi connectivity index (χ4v) is 7.71. The molecule has 6 rings (SSSR count). The zero-order chi connectivity index (χ0) is 37.2. The molecule has 0 aliphatic heterocycles. The van der Waals surface area contributed by atoms with Gasteiger partial charge in [-0.05, 0) is 39.4 Å². The molecule has 0 aromatic heterocycles. The second-order valence-electron chi connectivity index (χ2n) is 17.6. The third-order valence-electron chi connectivity index (χ3n) is 9.09. The predicted octanol–water partition coefficient (Wildman–Crippen LogP) is 7.89. The first-order chi connectivity index (χ1) is 23.1. The molecular weight excluding hydrogens is 886 g/mol. The Bertz CT molecular complexity index is 1750. The molecule has 0 amide bonds. The van der Waals surface area contributed by atoms with E-state index in [1.54, 1.807) is 0 Å². The summed E-state index contributed by atoms with van der Waals surface area (Å²) in [6.07, 6.45) is 11.0. The summed E-state index contributed by atoms with van der Waals surface area (Å²) in [6.45, 7) is 28.0. The SMILES string of the molecule is Brc1ccc([C](=[Zr+2])c2ccc(Br)cc2)cc1.CC(C)(C)c1[c-]c2c(cc1C(C)(C)C)-c1cc(C(C)(C)C)c(C(C)(C)C)cc1C2.[C-]1=CC=CC1.[Cl-].[Cl-]. The minimum Gasteiger partial charge on any atom is -1.00 e. The third kappa shape index (κ3) is 12.1. The summed E-state index contributed by atoms with van der Waals surface area (Å²) < 4.78 is 3.62. The number of hydrogen-bond donors (Lipinski definition) is 0. The van der Waals surface area contributed by atoms with Gasteiger partial charge in [-0.15, -0.1) is 23.1 Å². The van der Waals surface area contributed by atoms with Crippen LogP contribution < -0.4 is 24.8 Å². The van der Waals surface area contributed by atoms with Gasteiger partial charge in [0.15, 0.2) is 0 Å². The number of hydrogen-bond acceptors (Lipinski definition) is 0. The molecule has 0 N–H and O–H groups in total. The van der Waals surface area contributed by atoms with Crippen LogP contribution in [0.4, 0.5) is 0 Å². The van der Waals surface area contributed by atoms with E-state index in [4.69, 9.17) is 0 Å². The van der Waals surface area contributed by atoms with Crippen LogP contribution in [-0.4, -0.2) is 3.21 Å². The molecule has 2 aliphatic rings. The van der Waals surface area contributed by atoms with Gasteiger partial charge in [-0.3, -0.25) is 6.08 Å². The largest absolute Gasteiger partial charge is 1.00 e. The van der Waals surface area contributed by atoms with Crippen LogP contribution in [0.3, 0.4) is 0 Å². The van der Waals surface area contributed by atoms with Crippen molar-refractivity contribution in [1.29, 1.82) is 0 Å². The number of allylic oxidation sites excluding steroid dienone is 4. The Morgan fingerprint density at radius 3 is 1.40 bits per heavy atom. The summed E-state index contributed by atoms with van der Waals surface area (Å²) in [5.74, 6) is 0. The van der Waals surface area contributed by atoms with Crippen LogP contribution in [0.5, 0.6) is 0 Å². The molecule has 0 bridgehead atoms. The summed E-state index contributed by atoms with van der Waals surface area (Å²) in [6, 6.07) is 28.3. The molecule has 0 saturated heterocycles. The van der Waals surface area contributed by atoms with Crippen molar-refractivity contribution in [3.8, 4) is 11.1 Å². The van der Waals surface area contributed by atoms with E-state index in [2.05, 4.69) is 200 Å². The van der Waals surface area contributed by atoms with Gasteiger partial charge in [0.25, 0.3) is 0 Å². The summed E-state index contributed by atoms with van der Waals surface area (Å²) in [5, 5.41) is 0. The van der Waals surface area contributed by atoms with Gasteiger partial charge in [-0.1, -0.05) is 106 Å². The van der Waals surface area contributed by atoms with E-state index in [9.17, 15) is 0 Å². The van der Waals surface area contributed by atoms with Crippen molar-refractivity contribution in [2.75, 3.05) is 0 Å². The van der Waals surface area contributed by atoms with E-state index in [-0.39, 0.29) is 46.5 Å². The van der Waals surface area contributed by atoms with Crippen molar-refractivity contribution in [2.45, 2.75) is 118 Å². The molecule has 0 nitrogen and oxygen atoms in total. The van der Waals surface area contributed by atoms with Gasteiger partial charge < -0.3 is 24.8 Å². The fourth-order valence-electron chi connectivity index (χ4n) is 6.36. The van der Waals surface area contributed by atoms with Crippen LogP contribution in [0.1, 0.15) is 134 Å². The van der Waals surface area contributed by atoms with Crippen LogP contribution in [0.15, 0.2) is 93.9 Å². The van der Waals surface area contributed by atoms with Crippen molar-refractivity contribution in [3.63, 3.8) is 0 Å². The van der Waals surface area contributed by atoms with E-state index in [1.807, 2.05) is 12.2 Å². The molecule has 5 heteroatoms. The normalized spacial score (nSPS) is 13.1. The minimum absolute atomic E-state index is 0. The first kappa shape index (κ1) is 46.8. The molecule has 4 aromatic carbocycles. The average Bonchev–Trinajstić information content (AvgIpc) is 3.71. The van der Waals surface area contributed by atoms with Crippen molar-refractivity contribution < 1.29 is 49.0 Å². The van der Waals surface area contributed by atoms with E-state index in [1.165, 1.54) is 83.1 Å². The van der Waals surface area contributed by atoms with Crippen molar-refractivity contribution in [1.82, 2.24) is 0 Å². The van der Waals surface area contributed by atoms with Crippen LogP contribution in [0.2, 0.25) is 0 Å². The Hall–Kier alpha value is -1.35. The molecule has 0 unspecified atom stereocenters. The Kier molecular flexibility index (Phi) is 16.7. The van der Waals surface area contributed by atoms with Gasteiger partial charge in [0, 0.05) is 0 Å². The Labute approximate surface area is 360 Å². The maximum atomic E-state index is 3.90. The second-order valence-corrected chi connectivity index (χ2v) is 20.6. The number of benzene rings is 4. The van der Waals surface area contributed by atoms with Crippen LogP contribution in [0, 0.1) is 12.1 Å². The van der Waals surface area contributed by atoms with Crippen LogP contribution in [-0.2, 0) is 52.3 Å². The van der Waals surface area contributed by atoms with Gasteiger partial charge in [0.1, 0.15) is 0 Å². The van der Waals surface area contributed by atoms with Gasteiger partial charge in [-0.2, -0.15) is 23.8 Å². The van der Waals surface area contributed by atoms with Crippen molar-refractivity contribution in [3.05, 3.63) is 151 Å². The standard InChI is InChI=1S/C29H41.C13H8Br2.C5H5.2ClH.Zr/c1-26(2,3)22-14-18-13-19-15-23(27(4,5)6)25(29(10,11)12)17-21(19)20(18)16-24(22)28(7,8)9;14-12-5-1-10(2-6-12)9-11-3-7-13(15)8-4-11;1-2-4-5-3-1;;;/h14,16-17H,13H2,1-12H3;1-8H;1-3H,4H2;2*1H;/q-1;;-1;;;+2/p-2. The zero-order valence-corrected chi connectivity index (χ0v) is 40.2. The Balaban J connectivity index is 0.000000340. The molecule has 2 aliphatic carbocycles. The maximum Gasteiger partial charge on any atom is -0.0129 e.